The zero-order valence-electron chi connectivity index (χ0n) is 21.1. The summed E-state index contributed by atoms with van der Waals surface area (Å²) in [5.41, 5.74) is 4.16. The van der Waals surface area contributed by atoms with Gasteiger partial charge in [0.05, 0.1) is 18.1 Å². The number of amides is 1. The van der Waals surface area contributed by atoms with E-state index in [2.05, 4.69) is 56.2 Å². The van der Waals surface area contributed by atoms with Gasteiger partial charge in [-0.25, -0.2) is 4.98 Å². The van der Waals surface area contributed by atoms with Crippen LogP contribution in [0.25, 0.3) is 10.9 Å². The Morgan fingerprint density at radius 1 is 0.944 bits per heavy atom. The molecule has 3 heterocycles. The molecule has 7 heteroatoms. The van der Waals surface area contributed by atoms with Crippen molar-refractivity contribution in [2.45, 2.75) is 26.4 Å². The first-order valence-electron chi connectivity index (χ1n) is 12.9. The minimum Gasteiger partial charge on any atom is -0.348 e. The summed E-state index contributed by atoms with van der Waals surface area (Å²) in [4.78, 5) is 32.1. The average molecular weight is 483 g/mol. The Kier molecular flexibility index (Phi) is 7.39. The normalized spacial score (nSPS) is 15.7. The van der Waals surface area contributed by atoms with Gasteiger partial charge >= 0.3 is 0 Å². The van der Waals surface area contributed by atoms with Crippen LogP contribution in [0.1, 0.15) is 47.2 Å². The van der Waals surface area contributed by atoms with E-state index >= 15 is 0 Å². The highest BCUT2D eigenvalue weighted by atomic mass is 16.2. The molecular formula is C29H34N6O. The number of rotatable bonds is 8. The minimum absolute atomic E-state index is 0.0620. The molecule has 0 radical (unpaired) electrons. The number of pyridine rings is 1. The Bertz CT molecular complexity index is 1270. The molecule has 0 saturated carbocycles. The minimum atomic E-state index is 0.0620. The Labute approximate surface area is 212 Å². The lowest BCUT2D eigenvalue weighted by Gasteiger charge is -2.39. The van der Waals surface area contributed by atoms with E-state index in [4.69, 9.17) is 4.98 Å². The maximum absolute atomic E-state index is 12.9. The van der Waals surface area contributed by atoms with Gasteiger partial charge in [0.25, 0.3) is 5.91 Å². The molecule has 36 heavy (non-hydrogen) atoms. The Hall–Kier alpha value is -3.55. The zero-order chi connectivity index (χ0) is 24.9. The molecule has 7 nitrogen and oxygen atoms in total. The molecule has 4 aromatic rings. The number of aromatic amines is 1. The number of piperazine rings is 1. The number of hydrogen-bond donors (Lipinski definition) is 1. The van der Waals surface area contributed by atoms with Crippen molar-refractivity contribution in [3.05, 3.63) is 95.7 Å². The predicted molar refractivity (Wildman–Crippen MR) is 143 cm³/mol. The number of fused-ring (bicyclic) bond motifs is 1. The Morgan fingerprint density at radius 3 is 2.39 bits per heavy atom. The molecule has 2 aromatic heterocycles. The average Bonchev–Trinajstić information content (AvgIpc) is 3.44. The molecule has 5 rings (SSSR count). The lowest BCUT2D eigenvalue weighted by atomic mass is 9.93. The molecule has 1 unspecified atom stereocenters. The van der Waals surface area contributed by atoms with E-state index in [0.29, 0.717) is 13.1 Å². The van der Waals surface area contributed by atoms with Crippen LogP contribution < -0.4 is 0 Å². The van der Waals surface area contributed by atoms with Crippen LogP contribution in [-0.2, 0) is 6.54 Å². The second-order valence-electron chi connectivity index (χ2n) is 9.27. The van der Waals surface area contributed by atoms with Crippen LogP contribution in [0.5, 0.6) is 0 Å². The highest BCUT2D eigenvalue weighted by Gasteiger charge is 2.28. The van der Waals surface area contributed by atoms with E-state index in [1.165, 1.54) is 11.1 Å². The van der Waals surface area contributed by atoms with E-state index in [0.717, 1.165) is 55.0 Å². The molecule has 2 aromatic carbocycles. The number of H-pyrrole nitrogens is 1. The molecule has 1 amide bonds. The van der Waals surface area contributed by atoms with Gasteiger partial charge in [-0.3, -0.25) is 19.6 Å². The fraction of sp³-hybridized carbons (Fsp3) is 0.345. The summed E-state index contributed by atoms with van der Waals surface area (Å²) >= 11 is 0. The SMILES string of the molecule is CCN(CC)C(=O)c1ccc(C(c2cccc3cccnc23)N2CCN(Cc3ncc[nH]3)CC2)cc1. The maximum Gasteiger partial charge on any atom is 0.253 e. The van der Waals surface area contributed by atoms with Crippen molar-refractivity contribution in [1.29, 1.82) is 0 Å². The van der Waals surface area contributed by atoms with Gasteiger partial charge in [0.15, 0.2) is 0 Å². The van der Waals surface area contributed by atoms with Crippen LogP contribution in [0.4, 0.5) is 0 Å². The summed E-state index contributed by atoms with van der Waals surface area (Å²) in [6, 6.07) is 18.8. The number of nitrogens with zero attached hydrogens (tertiary/aromatic N) is 5. The van der Waals surface area contributed by atoms with E-state index in [1.54, 1.807) is 0 Å². The van der Waals surface area contributed by atoms with Crippen molar-refractivity contribution >= 4 is 16.8 Å². The van der Waals surface area contributed by atoms with Crippen molar-refractivity contribution < 1.29 is 4.79 Å². The number of carbonyl (C=O) groups is 1. The largest absolute Gasteiger partial charge is 0.348 e. The number of benzene rings is 2. The number of carbonyl (C=O) groups excluding carboxylic acids is 1. The van der Waals surface area contributed by atoms with Crippen molar-refractivity contribution in [1.82, 2.24) is 29.7 Å². The number of para-hydroxylation sites is 1. The van der Waals surface area contributed by atoms with Crippen LogP contribution in [0.15, 0.2) is 73.2 Å². The summed E-state index contributed by atoms with van der Waals surface area (Å²) in [6.45, 7) is 10.1. The lowest BCUT2D eigenvalue weighted by molar-refractivity contribution is 0.0773. The quantitative estimate of drug-likeness (QED) is 0.405. The number of hydrogen-bond acceptors (Lipinski definition) is 5. The molecule has 1 atom stereocenters. The van der Waals surface area contributed by atoms with E-state index < -0.39 is 0 Å². The number of nitrogens with one attached hydrogen (secondary N) is 1. The second-order valence-corrected chi connectivity index (χ2v) is 9.27. The molecule has 0 bridgehead atoms. The predicted octanol–water partition coefficient (Wildman–Crippen LogP) is 4.35. The summed E-state index contributed by atoms with van der Waals surface area (Å²) in [5.74, 6) is 1.09. The van der Waals surface area contributed by atoms with Gasteiger partial charge in [-0.05, 0) is 37.6 Å². The van der Waals surface area contributed by atoms with Crippen LogP contribution >= 0.6 is 0 Å². The van der Waals surface area contributed by atoms with Gasteiger partial charge in [0.2, 0.25) is 0 Å². The molecule has 1 N–H and O–H groups in total. The topological polar surface area (TPSA) is 68.4 Å². The Balaban J connectivity index is 1.45. The molecule has 1 aliphatic heterocycles. The molecule has 1 fully saturated rings. The van der Waals surface area contributed by atoms with E-state index in [1.807, 2.05) is 55.5 Å². The molecule has 1 aliphatic rings. The monoisotopic (exact) mass is 482 g/mol. The molecule has 186 valence electrons. The molecular weight excluding hydrogens is 448 g/mol. The first kappa shape index (κ1) is 24.2. The highest BCUT2D eigenvalue weighted by molar-refractivity contribution is 5.94. The van der Waals surface area contributed by atoms with E-state index in [9.17, 15) is 4.79 Å². The summed E-state index contributed by atoms with van der Waals surface area (Å²) < 4.78 is 0. The maximum atomic E-state index is 12.9. The first-order valence-corrected chi connectivity index (χ1v) is 12.9. The van der Waals surface area contributed by atoms with Crippen molar-refractivity contribution in [2.75, 3.05) is 39.3 Å². The Morgan fingerprint density at radius 2 is 1.69 bits per heavy atom. The van der Waals surface area contributed by atoms with Gasteiger partial charge in [0.1, 0.15) is 5.82 Å². The number of aromatic nitrogens is 3. The van der Waals surface area contributed by atoms with Crippen LogP contribution in [-0.4, -0.2) is 74.8 Å². The van der Waals surface area contributed by atoms with Crippen LogP contribution in [0.2, 0.25) is 0 Å². The third-order valence-electron chi connectivity index (χ3n) is 7.18. The lowest BCUT2D eigenvalue weighted by Crippen LogP contribution is -2.47. The summed E-state index contributed by atoms with van der Waals surface area (Å²) in [7, 11) is 0. The summed E-state index contributed by atoms with van der Waals surface area (Å²) in [6.07, 6.45) is 5.56. The fourth-order valence-electron chi connectivity index (χ4n) is 5.21. The van der Waals surface area contributed by atoms with Crippen molar-refractivity contribution in [3.63, 3.8) is 0 Å². The smallest absolute Gasteiger partial charge is 0.253 e. The van der Waals surface area contributed by atoms with Gasteiger partial charge in [0, 0.05) is 74.4 Å². The second kappa shape index (κ2) is 11.0. The molecule has 0 aliphatic carbocycles. The van der Waals surface area contributed by atoms with Crippen LogP contribution in [0, 0.1) is 0 Å². The van der Waals surface area contributed by atoms with Crippen molar-refractivity contribution in [2.24, 2.45) is 0 Å². The van der Waals surface area contributed by atoms with Gasteiger partial charge < -0.3 is 9.88 Å². The molecule has 1 saturated heterocycles. The molecule has 0 spiro atoms. The fourth-order valence-corrected chi connectivity index (χ4v) is 5.21. The van der Waals surface area contributed by atoms with Gasteiger partial charge in [-0.2, -0.15) is 0 Å². The van der Waals surface area contributed by atoms with E-state index in [-0.39, 0.29) is 11.9 Å². The van der Waals surface area contributed by atoms with Gasteiger partial charge in [-0.1, -0.05) is 36.4 Å². The zero-order valence-corrected chi connectivity index (χ0v) is 21.1. The standard InChI is InChI=1S/C29H34N6O/c1-3-34(4-2)29(36)24-12-10-23(11-13-24)28(25-9-5-7-22-8-6-14-32-27(22)25)35-19-17-33(18-20-35)21-26-30-15-16-31-26/h5-16,28H,3-4,17-21H2,1-2H3,(H,30,31). The van der Waals surface area contributed by atoms with Crippen molar-refractivity contribution in [3.8, 4) is 0 Å². The highest BCUT2D eigenvalue weighted by Crippen LogP contribution is 2.34. The van der Waals surface area contributed by atoms with Gasteiger partial charge in [-0.15, -0.1) is 0 Å². The number of imidazole rings is 1. The summed E-state index contributed by atoms with van der Waals surface area (Å²) in [5, 5.41) is 1.14. The third kappa shape index (κ3) is 5.03. The third-order valence-corrected chi connectivity index (χ3v) is 7.18. The van der Waals surface area contributed by atoms with Crippen LogP contribution in [0.3, 0.4) is 0 Å². The first-order chi connectivity index (χ1) is 17.7.